The predicted molar refractivity (Wildman–Crippen MR) is 108 cm³/mol. The maximum absolute atomic E-state index is 12.4. The molecule has 1 amide bonds. The van der Waals surface area contributed by atoms with Crippen LogP contribution in [0, 0.1) is 6.92 Å². The van der Waals surface area contributed by atoms with Gasteiger partial charge in [-0.25, -0.2) is 0 Å². The molecule has 0 atom stereocenters. The zero-order valence-corrected chi connectivity index (χ0v) is 15.4. The third-order valence-electron chi connectivity index (χ3n) is 4.50. The number of hydrogen-bond acceptors (Lipinski definition) is 4. The van der Waals surface area contributed by atoms with Crippen LogP contribution in [0.15, 0.2) is 83.5 Å². The van der Waals surface area contributed by atoms with Gasteiger partial charge in [0.05, 0.1) is 17.8 Å². The van der Waals surface area contributed by atoms with Crippen molar-refractivity contribution in [3.63, 3.8) is 0 Å². The van der Waals surface area contributed by atoms with Gasteiger partial charge in [-0.3, -0.25) is 9.78 Å². The normalized spacial score (nSPS) is 10.6. The standard InChI is InChI=1S/C23H19N3O2/c1-16-21(22(26-28-16)18-7-3-2-4-8-18)17-10-12-19(13-11-17)23(27)25-15-20-9-5-6-14-24-20/h2-14H,15H2,1H3,(H,25,27). The van der Waals surface area contributed by atoms with Crippen LogP contribution in [0.5, 0.6) is 0 Å². The summed E-state index contributed by atoms with van der Waals surface area (Å²) in [4.78, 5) is 16.6. The molecule has 0 unspecified atom stereocenters. The SMILES string of the molecule is Cc1onc(-c2ccccc2)c1-c1ccc(C(=O)NCc2ccccn2)cc1. The van der Waals surface area contributed by atoms with Crippen molar-refractivity contribution in [3.05, 3.63) is 96.0 Å². The van der Waals surface area contributed by atoms with Crippen LogP contribution >= 0.6 is 0 Å². The quantitative estimate of drug-likeness (QED) is 0.556. The summed E-state index contributed by atoms with van der Waals surface area (Å²) in [6, 6.07) is 23.0. The number of aromatic nitrogens is 2. The van der Waals surface area contributed by atoms with Gasteiger partial charge in [0.2, 0.25) is 0 Å². The fraction of sp³-hybridized carbons (Fsp3) is 0.0870. The smallest absolute Gasteiger partial charge is 0.251 e. The highest BCUT2D eigenvalue weighted by Gasteiger charge is 2.17. The number of hydrogen-bond donors (Lipinski definition) is 1. The van der Waals surface area contributed by atoms with Crippen LogP contribution in [0.4, 0.5) is 0 Å². The van der Waals surface area contributed by atoms with Crippen molar-refractivity contribution < 1.29 is 9.32 Å². The molecular formula is C23H19N3O2. The summed E-state index contributed by atoms with van der Waals surface area (Å²) in [6.07, 6.45) is 1.71. The van der Waals surface area contributed by atoms with Crippen molar-refractivity contribution >= 4 is 5.91 Å². The van der Waals surface area contributed by atoms with E-state index in [1.165, 1.54) is 0 Å². The van der Waals surface area contributed by atoms with E-state index in [4.69, 9.17) is 4.52 Å². The number of carbonyl (C=O) groups excluding carboxylic acids is 1. The van der Waals surface area contributed by atoms with E-state index in [2.05, 4.69) is 15.5 Å². The maximum Gasteiger partial charge on any atom is 0.251 e. The lowest BCUT2D eigenvalue weighted by Gasteiger charge is -2.07. The van der Waals surface area contributed by atoms with Crippen molar-refractivity contribution in [1.29, 1.82) is 0 Å². The summed E-state index contributed by atoms with van der Waals surface area (Å²) in [7, 11) is 0. The molecule has 4 rings (SSSR count). The second-order valence-electron chi connectivity index (χ2n) is 6.41. The summed E-state index contributed by atoms with van der Waals surface area (Å²) in [5, 5.41) is 7.11. The zero-order valence-electron chi connectivity index (χ0n) is 15.4. The predicted octanol–water partition coefficient (Wildman–Crippen LogP) is 4.64. The molecule has 0 aliphatic heterocycles. The summed E-state index contributed by atoms with van der Waals surface area (Å²) < 4.78 is 5.43. The summed E-state index contributed by atoms with van der Waals surface area (Å²) >= 11 is 0. The first kappa shape index (κ1) is 17.7. The van der Waals surface area contributed by atoms with Gasteiger partial charge in [-0.05, 0) is 36.8 Å². The second-order valence-corrected chi connectivity index (χ2v) is 6.41. The number of carbonyl (C=O) groups is 1. The molecule has 1 N–H and O–H groups in total. The highest BCUT2D eigenvalue weighted by atomic mass is 16.5. The van der Waals surface area contributed by atoms with Crippen molar-refractivity contribution in [2.24, 2.45) is 0 Å². The molecule has 2 aromatic heterocycles. The van der Waals surface area contributed by atoms with Gasteiger partial charge in [0.15, 0.2) is 0 Å². The van der Waals surface area contributed by atoms with E-state index in [0.717, 1.165) is 33.8 Å². The molecule has 0 fully saturated rings. The Balaban J connectivity index is 1.54. The molecule has 5 nitrogen and oxygen atoms in total. The Morgan fingerprint density at radius 1 is 0.929 bits per heavy atom. The van der Waals surface area contributed by atoms with Crippen LogP contribution in [-0.2, 0) is 6.54 Å². The van der Waals surface area contributed by atoms with Crippen molar-refractivity contribution in [2.45, 2.75) is 13.5 Å². The van der Waals surface area contributed by atoms with E-state index < -0.39 is 0 Å². The van der Waals surface area contributed by atoms with Crippen LogP contribution in [0.2, 0.25) is 0 Å². The Hall–Kier alpha value is -3.73. The minimum atomic E-state index is -0.137. The van der Waals surface area contributed by atoms with E-state index in [9.17, 15) is 4.79 Å². The van der Waals surface area contributed by atoms with Gasteiger partial charge < -0.3 is 9.84 Å². The summed E-state index contributed by atoms with van der Waals surface area (Å²) in [5.41, 5.74) is 5.10. The molecule has 5 heteroatoms. The van der Waals surface area contributed by atoms with Gasteiger partial charge in [0, 0.05) is 17.3 Å². The number of nitrogens with zero attached hydrogens (tertiary/aromatic N) is 2. The molecular weight excluding hydrogens is 350 g/mol. The lowest BCUT2D eigenvalue weighted by molar-refractivity contribution is 0.0950. The third kappa shape index (κ3) is 3.69. The van der Waals surface area contributed by atoms with Crippen molar-refractivity contribution in [3.8, 4) is 22.4 Å². The third-order valence-corrected chi connectivity index (χ3v) is 4.50. The van der Waals surface area contributed by atoms with Gasteiger partial charge in [0.25, 0.3) is 5.91 Å². The minimum absolute atomic E-state index is 0.137. The monoisotopic (exact) mass is 369 g/mol. The second kappa shape index (κ2) is 7.88. The summed E-state index contributed by atoms with van der Waals surface area (Å²) in [6.45, 7) is 2.28. The molecule has 0 saturated heterocycles. The first-order valence-electron chi connectivity index (χ1n) is 9.02. The van der Waals surface area contributed by atoms with Gasteiger partial charge in [-0.2, -0.15) is 0 Å². The average molecular weight is 369 g/mol. The molecule has 0 spiro atoms. The van der Waals surface area contributed by atoms with Crippen LogP contribution in [0.25, 0.3) is 22.4 Å². The maximum atomic E-state index is 12.4. The Bertz CT molecular complexity index is 1070. The van der Waals surface area contributed by atoms with E-state index in [1.54, 1.807) is 6.20 Å². The number of nitrogens with one attached hydrogen (secondary N) is 1. The van der Waals surface area contributed by atoms with Crippen molar-refractivity contribution in [2.75, 3.05) is 0 Å². The average Bonchev–Trinajstić information content (AvgIpc) is 3.15. The lowest BCUT2D eigenvalue weighted by atomic mass is 9.98. The van der Waals surface area contributed by atoms with Crippen molar-refractivity contribution in [1.82, 2.24) is 15.5 Å². The van der Waals surface area contributed by atoms with Crippen LogP contribution in [-0.4, -0.2) is 16.0 Å². The molecule has 0 saturated carbocycles. The van der Waals surface area contributed by atoms with Crippen LogP contribution < -0.4 is 5.32 Å². The van der Waals surface area contributed by atoms with Gasteiger partial charge in [-0.15, -0.1) is 0 Å². The number of benzene rings is 2. The van der Waals surface area contributed by atoms with Gasteiger partial charge in [0.1, 0.15) is 11.5 Å². The number of amides is 1. The molecule has 0 aliphatic rings. The first-order chi connectivity index (χ1) is 13.7. The van der Waals surface area contributed by atoms with E-state index in [1.807, 2.05) is 79.7 Å². The minimum Gasteiger partial charge on any atom is -0.360 e. The number of aryl methyl sites for hydroxylation is 1. The molecule has 4 aromatic rings. The van der Waals surface area contributed by atoms with Gasteiger partial charge in [-0.1, -0.05) is 53.7 Å². The van der Waals surface area contributed by atoms with Crippen LogP contribution in [0.3, 0.4) is 0 Å². The van der Waals surface area contributed by atoms with E-state index >= 15 is 0 Å². The molecule has 138 valence electrons. The first-order valence-corrected chi connectivity index (χ1v) is 9.02. The molecule has 2 aromatic carbocycles. The number of pyridine rings is 1. The Labute approximate surface area is 163 Å². The van der Waals surface area contributed by atoms with Gasteiger partial charge >= 0.3 is 0 Å². The lowest BCUT2D eigenvalue weighted by Crippen LogP contribution is -2.23. The molecule has 0 aliphatic carbocycles. The molecule has 0 radical (unpaired) electrons. The molecule has 2 heterocycles. The van der Waals surface area contributed by atoms with E-state index in [0.29, 0.717) is 12.1 Å². The highest BCUT2D eigenvalue weighted by Crippen LogP contribution is 2.34. The zero-order chi connectivity index (χ0) is 19.3. The van der Waals surface area contributed by atoms with Crippen LogP contribution in [0.1, 0.15) is 21.8 Å². The largest absolute Gasteiger partial charge is 0.360 e. The highest BCUT2D eigenvalue weighted by molar-refractivity contribution is 5.95. The molecule has 28 heavy (non-hydrogen) atoms. The van der Waals surface area contributed by atoms with E-state index in [-0.39, 0.29) is 5.91 Å². The Kier molecular flexibility index (Phi) is 4.97. The summed E-state index contributed by atoms with van der Waals surface area (Å²) in [5.74, 6) is 0.605. The fourth-order valence-corrected chi connectivity index (χ4v) is 3.07. The molecule has 0 bridgehead atoms. The number of rotatable bonds is 5. The Morgan fingerprint density at radius 3 is 2.39 bits per heavy atom. The Morgan fingerprint density at radius 2 is 1.68 bits per heavy atom. The topological polar surface area (TPSA) is 68.0 Å². The fourth-order valence-electron chi connectivity index (χ4n) is 3.07.